The normalized spacial score (nSPS) is 10.2. The van der Waals surface area contributed by atoms with Crippen molar-refractivity contribution in [1.82, 2.24) is 9.97 Å². The van der Waals surface area contributed by atoms with Gasteiger partial charge in [0.25, 0.3) is 0 Å². The molecule has 5 nitrogen and oxygen atoms in total. The summed E-state index contributed by atoms with van der Waals surface area (Å²) >= 11 is 0. The number of carboxylic acid groups (broad SMARTS) is 1. The Kier molecular flexibility index (Phi) is 3.39. The van der Waals surface area contributed by atoms with Crippen molar-refractivity contribution in [2.75, 3.05) is 11.9 Å². The van der Waals surface area contributed by atoms with E-state index in [2.05, 4.69) is 15.3 Å². The molecule has 0 aliphatic heterocycles. The van der Waals surface area contributed by atoms with Gasteiger partial charge in [-0.15, -0.1) is 0 Å². The lowest BCUT2D eigenvalue weighted by Crippen LogP contribution is -2.12. The molecule has 2 N–H and O–H groups in total. The van der Waals surface area contributed by atoms with E-state index < -0.39 is 5.97 Å². The highest BCUT2D eigenvalue weighted by molar-refractivity contribution is 5.85. The Labute approximate surface area is 82.2 Å². The van der Waals surface area contributed by atoms with E-state index in [1.807, 2.05) is 13.8 Å². The number of hydrogen-bond donors (Lipinski definition) is 2. The molecule has 1 aromatic rings. The average molecular weight is 195 g/mol. The van der Waals surface area contributed by atoms with E-state index in [-0.39, 0.29) is 5.69 Å². The third kappa shape index (κ3) is 3.01. The number of hydrogen-bond acceptors (Lipinski definition) is 4. The molecule has 0 bridgehead atoms. The molecule has 0 atom stereocenters. The van der Waals surface area contributed by atoms with Gasteiger partial charge in [0.1, 0.15) is 0 Å². The van der Waals surface area contributed by atoms with Crippen molar-refractivity contribution in [3.8, 4) is 0 Å². The van der Waals surface area contributed by atoms with Crippen molar-refractivity contribution in [2.45, 2.75) is 13.8 Å². The van der Waals surface area contributed by atoms with Crippen LogP contribution in [0.4, 0.5) is 5.95 Å². The standard InChI is InChI=1S/C9H13N3O2/c1-6(2)5-11-9-10-4-3-7(12-9)8(13)14/h3-4,6H,5H2,1-2H3,(H,13,14)(H,10,11,12). The second kappa shape index (κ2) is 4.55. The highest BCUT2D eigenvalue weighted by Gasteiger charge is 2.05. The summed E-state index contributed by atoms with van der Waals surface area (Å²) in [7, 11) is 0. The van der Waals surface area contributed by atoms with Gasteiger partial charge < -0.3 is 10.4 Å². The van der Waals surface area contributed by atoms with Crippen LogP contribution in [0.1, 0.15) is 24.3 Å². The number of nitrogens with one attached hydrogen (secondary N) is 1. The van der Waals surface area contributed by atoms with Crippen molar-refractivity contribution < 1.29 is 9.90 Å². The van der Waals surface area contributed by atoms with Gasteiger partial charge in [-0.2, -0.15) is 0 Å². The van der Waals surface area contributed by atoms with Gasteiger partial charge in [-0.25, -0.2) is 14.8 Å². The van der Waals surface area contributed by atoms with Crippen molar-refractivity contribution in [1.29, 1.82) is 0 Å². The summed E-state index contributed by atoms with van der Waals surface area (Å²) in [6.07, 6.45) is 1.43. The first-order valence-corrected chi connectivity index (χ1v) is 4.40. The van der Waals surface area contributed by atoms with Crippen molar-refractivity contribution in [3.05, 3.63) is 18.0 Å². The molecule has 0 saturated carbocycles. The van der Waals surface area contributed by atoms with Gasteiger partial charge in [-0.3, -0.25) is 0 Å². The van der Waals surface area contributed by atoms with E-state index in [9.17, 15) is 4.79 Å². The SMILES string of the molecule is CC(C)CNc1nccc(C(=O)O)n1. The largest absolute Gasteiger partial charge is 0.477 e. The number of anilines is 1. The van der Waals surface area contributed by atoms with E-state index in [0.29, 0.717) is 11.9 Å². The quantitative estimate of drug-likeness (QED) is 0.756. The third-order valence-electron chi connectivity index (χ3n) is 1.54. The molecule has 5 heteroatoms. The van der Waals surface area contributed by atoms with Gasteiger partial charge in [0.2, 0.25) is 5.95 Å². The average Bonchev–Trinajstić information content (AvgIpc) is 2.15. The number of aromatic nitrogens is 2. The lowest BCUT2D eigenvalue weighted by molar-refractivity contribution is 0.0690. The Morgan fingerprint density at radius 2 is 2.36 bits per heavy atom. The molecule has 0 unspecified atom stereocenters. The molecule has 0 fully saturated rings. The fraction of sp³-hybridized carbons (Fsp3) is 0.444. The molecule has 0 aliphatic rings. The van der Waals surface area contributed by atoms with Crippen molar-refractivity contribution >= 4 is 11.9 Å². The molecule has 76 valence electrons. The molecule has 0 saturated heterocycles. The molecule has 1 heterocycles. The molecule has 1 aromatic heterocycles. The number of rotatable bonds is 4. The Morgan fingerprint density at radius 1 is 1.64 bits per heavy atom. The summed E-state index contributed by atoms with van der Waals surface area (Å²) in [6, 6.07) is 1.36. The minimum absolute atomic E-state index is 0.00579. The molecular weight excluding hydrogens is 182 g/mol. The Morgan fingerprint density at radius 3 is 2.93 bits per heavy atom. The molecule has 0 radical (unpaired) electrons. The van der Waals surface area contributed by atoms with Crippen molar-refractivity contribution in [3.63, 3.8) is 0 Å². The predicted molar refractivity (Wildman–Crippen MR) is 52.3 cm³/mol. The van der Waals surface area contributed by atoms with Gasteiger partial charge in [-0.05, 0) is 12.0 Å². The molecule has 0 aromatic carbocycles. The zero-order valence-corrected chi connectivity index (χ0v) is 8.19. The van der Waals surface area contributed by atoms with Crippen molar-refractivity contribution in [2.24, 2.45) is 5.92 Å². The van der Waals surface area contributed by atoms with Crippen LogP contribution in [0, 0.1) is 5.92 Å². The lowest BCUT2D eigenvalue weighted by Gasteiger charge is -2.06. The summed E-state index contributed by atoms with van der Waals surface area (Å²) in [4.78, 5) is 18.3. The summed E-state index contributed by atoms with van der Waals surface area (Å²) in [5.74, 6) is -0.217. The Hall–Kier alpha value is -1.65. The molecule has 0 aliphatic carbocycles. The molecule has 0 spiro atoms. The van der Waals surface area contributed by atoms with E-state index >= 15 is 0 Å². The molecular formula is C9H13N3O2. The van der Waals surface area contributed by atoms with Crippen LogP contribution < -0.4 is 5.32 Å². The zero-order chi connectivity index (χ0) is 10.6. The summed E-state index contributed by atoms with van der Waals surface area (Å²) < 4.78 is 0. The second-order valence-electron chi connectivity index (χ2n) is 3.35. The number of aromatic carboxylic acids is 1. The Bertz CT molecular complexity index is 326. The number of carboxylic acids is 1. The highest BCUT2D eigenvalue weighted by atomic mass is 16.4. The minimum atomic E-state index is -1.04. The molecule has 0 amide bonds. The fourth-order valence-corrected chi connectivity index (χ4v) is 0.858. The highest BCUT2D eigenvalue weighted by Crippen LogP contribution is 2.01. The first kappa shape index (κ1) is 10.4. The fourth-order valence-electron chi connectivity index (χ4n) is 0.858. The van der Waals surface area contributed by atoms with Gasteiger partial charge in [0.05, 0.1) is 0 Å². The summed E-state index contributed by atoms with van der Waals surface area (Å²) in [5, 5.41) is 11.6. The zero-order valence-electron chi connectivity index (χ0n) is 8.19. The lowest BCUT2D eigenvalue weighted by atomic mass is 10.2. The van der Waals surface area contributed by atoms with Gasteiger partial charge in [-0.1, -0.05) is 13.8 Å². The maximum Gasteiger partial charge on any atom is 0.354 e. The smallest absolute Gasteiger partial charge is 0.354 e. The predicted octanol–water partition coefficient (Wildman–Crippen LogP) is 1.24. The van der Waals surface area contributed by atoms with E-state index in [1.54, 1.807) is 0 Å². The van der Waals surface area contributed by atoms with Gasteiger partial charge >= 0.3 is 5.97 Å². The maximum absolute atomic E-state index is 10.6. The topological polar surface area (TPSA) is 75.1 Å². The summed E-state index contributed by atoms with van der Waals surface area (Å²) in [6.45, 7) is 4.82. The van der Waals surface area contributed by atoms with Crippen LogP contribution in [0.3, 0.4) is 0 Å². The van der Waals surface area contributed by atoms with Crippen LogP contribution in [0.15, 0.2) is 12.3 Å². The Balaban J connectivity index is 2.69. The molecule has 14 heavy (non-hydrogen) atoms. The van der Waals surface area contributed by atoms with Crippen LogP contribution in [0.5, 0.6) is 0 Å². The van der Waals surface area contributed by atoms with E-state index in [1.165, 1.54) is 12.3 Å². The first-order valence-electron chi connectivity index (χ1n) is 4.40. The van der Waals surface area contributed by atoms with E-state index in [4.69, 9.17) is 5.11 Å². The maximum atomic E-state index is 10.6. The third-order valence-corrected chi connectivity index (χ3v) is 1.54. The summed E-state index contributed by atoms with van der Waals surface area (Å²) in [5.41, 5.74) is 0.00579. The van der Waals surface area contributed by atoms with Crippen LogP contribution >= 0.6 is 0 Å². The minimum Gasteiger partial charge on any atom is -0.477 e. The van der Waals surface area contributed by atoms with Crippen LogP contribution in [-0.2, 0) is 0 Å². The monoisotopic (exact) mass is 195 g/mol. The first-order chi connectivity index (χ1) is 6.59. The number of nitrogens with zero attached hydrogens (tertiary/aromatic N) is 2. The second-order valence-corrected chi connectivity index (χ2v) is 3.35. The number of carbonyl (C=O) groups is 1. The van der Waals surface area contributed by atoms with Gasteiger partial charge in [0.15, 0.2) is 5.69 Å². The van der Waals surface area contributed by atoms with Crippen LogP contribution in [0.25, 0.3) is 0 Å². The van der Waals surface area contributed by atoms with Crippen LogP contribution in [-0.4, -0.2) is 27.6 Å². The van der Waals surface area contributed by atoms with E-state index in [0.717, 1.165) is 6.54 Å². The molecule has 1 rings (SSSR count). The van der Waals surface area contributed by atoms with Gasteiger partial charge in [0, 0.05) is 12.7 Å². The van der Waals surface area contributed by atoms with Crippen LogP contribution in [0.2, 0.25) is 0 Å².